The second-order valence-electron chi connectivity index (χ2n) is 7.14. The van der Waals surface area contributed by atoms with Gasteiger partial charge in [-0.05, 0) is 43.7 Å². The molecule has 1 saturated heterocycles. The molecule has 0 aliphatic carbocycles. The fraction of sp³-hybridized carbons (Fsp3) is 0.350. The lowest BCUT2D eigenvalue weighted by Gasteiger charge is -2.24. The first kappa shape index (κ1) is 21.8. The molecule has 0 bridgehead atoms. The van der Waals surface area contributed by atoms with Gasteiger partial charge in [0.05, 0.1) is 16.3 Å². The molecule has 30 heavy (non-hydrogen) atoms. The minimum atomic E-state index is -2.72. The molecule has 1 aromatic heterocycles. The Morgan fingerprint density at radius 3 is 2.67 bits per heavy atom. The van der Waals surface area contributed by atoms with Crippen molar-refractivity contribution >= 4 is 34.8 Å². The van der Waals surface area contributed by atoms with Crippen LogP contribution in [0, 0.1) is 6.92 Å². The average molecular weight is 438 g/mol. The van der Waals surface area contributed by atoms with Gasteiger partial charge < -0.3 is 21.2 Å². The largest absolute Gasteiger partial charge is 0.409 e. The van der Waals surface area contributed by atoms with Gasteiger partial charge in [0.2, 0.25) is 5.92 Å². The average Bonchev–Trinajstić information content (AvgIpc) is 2.90. The number of alkyl halides is 2. The highest BCUT2D eigenvalue weighted by atomic mass is 35.5. The van der Waals surface area contributed by atoms with Crippen molar-refractivity contribution in [2.24, 2.45) is 10.9 Å². The van der Waals surface area contributed by atoms with Crippen LogP contribution < -0.4 is 16.0 Å². The van der Waals surface area contributed by atoms with E-state index in [0.29, 0.717) is 40.8 Å². The summed E-state index contributed by atoms with van der Waals surface area (Å²) in [6.45, 7) is 2.17. The Hall–Kier alpha value is -2.94. The first-order valence-electron chi connectivity index (χ1n) is 9.39. The van der Waals surface area contributed by atoms with Gasteiger partial charge in [0.25, 0.3) is 5.91 Å². The van der Waals surface area contributed by atoms with Crippen molar-refractivity contribution in [3.63, 3.8) is 0 Å². The van der Waals surface area contributed by atoms with Gasteiger partial charge in [-0.1, -0.05) is 16.8 Å². The van der Waals surface area contributed by atoms with Crippen LogP contribution in [0.15, 0.2) is 35.5 Å². The number of benzene rings is 1. The Balaban J connectivity index is 1.87. The van der Waals surface area contributed by atoms with Gasteiger partial charge in [0.15, 0.2) is 5.84 Å². The summed E-state index contributed by atoms with van der Waals surface area (Å²) in [6.07, 6.45) is -0.191. The topological polar surface area (TPSA) is 104 Å². The minimum absolute atomic E-state index is 0.0531. The molecule has 3 rings (SSSR count). The van der Waals surface area contributed by atoms with Crippen LogP contribution >= 0.6 is 11.6 Å². The Morgan fingerprint density at radius 1 is 1.30 bits per heavy atom. The van der Waals surface area contributed by atoms with Gasteiger partial charge in [0, 0.05) is 37.2 Å². The summed E-state index contributed by atoms with van der Waals surface area (Å²) in [7, 11) is 0. The van der Waals surface area contributed by atoms with Gasteiger partial charge >= 0.3 is 0 Å². The molecule has 160 valence electrons. The number of nitrogens with one attached hydrogen (secondary N) is 1. The lowest BCUT2D eigenvalue weighted by atomic mass is 10.1. The van der Waals surface area contributed by atoms with Crippen LogP contribution in [-0.4, -0.2) is 40.9 Å². The van der Waals surface area contributed by atoms with Gasteiger partial charge in [0.1, 0.15) is 5.82 Å². The zero-order valence-electron chi connectivity index (χ0n) is 16.3. The molecule has 0 saturated carbocycles. The van der Waals surface area contributed by atoms with E-state index >= 15 is 0 Å². The van der Waals surface area contributed by atoms with E-state index in [1.165, 1.54) is 6.07 Å². The molecule has 2 aromatic rings. The molecule has 0 radical (unpaired) electrons. The van der Waals surface area contributed by atoms with Crippen molar-refractivity contribution in [2.45, 2.75) is 32.1 Å². The van der Waals surface area contributed by atoms with E-state index in [-0.39, 0.29) is 30.8 Å². The number of rotatable bonds is 4. The molecule has 0 atom stereocenters. The van der Waals surface area contributed by atoms with Crippen LogP contribution in [0.3, 0.4) is 0 Å². The molecule has 1 aliphatic heterocycles. The van der Waals surface area contributed by atoms with Crippen molar-refractivity contribution in [1.29, 1.82) is 0 Å². The number of nitrogens with two attached hydrogens (primary N) is 1. The number of amidine groups is 1. The molecule has 10 heteroatoms. The van der Waals surface area contributed by atoms with Crippen LogP contribution in [0.25, 0.3) is 0 Å². The minimum Gasteiger partial charge on any atom is -0.409 e. The summed E-state index contributed by atoms with van der Waals surface area (Å²) in [6, 6.07) is 7.87. The van der Waals surface area contributed by atoms with Crippen molar-refractivity contribution in [2.75, 3.05) is 23.3 Å². The third-order valence-corrected chi connectivity index (χ3v) is 5.32. The molecule has 0 spiro atoms. The Labute approximate surface area is 177 Å². The van der Waals surface area contributed by atoms with Gasteiger partial charge in [-0.3, -0.25) is 4.79 Å². The Bertz CT molecular complexity index is 966. The highest BCUT2D eigenvalue weighted by molar-refractivity contribution is 6.31. The molecule has 7 nitrogen and oxygen atoms in total. The van der Waals surface area contributed by atoms with E-state index in [9.17, 15) is 13.6 Å². The molecule has 1 aromatic carbocycles. The van der Waals surface area contributed by atoms with Gasteiger partial charge in [-0.2, -0.15) is 0 Å². The smallest absolute Gasteiger partial charge is 0.259 e. The molecule has 1 amide bonds. The number of hydrogen-bond donors (Lipinski definition) is 3. The molecule has 1 aliphatic rings. The number of carbonyl (C=O) groups is 1. The summed E-state index contributed by atoms with van der Waals surface area (Å²) in [4.78, 5) is 19.1. The lowest BCUT2D eigenvalue weighted by molar-refractivity contribution is -0.0102. The quantitative estimate of drug-likeness (QED) is 0.290. The van der Waals surface area contributed by atoms with Crippen molar-refractivity contribution < 1.29 is 18.8 Å². The number of nitrogens with zero attached hydrogens (tertiary/aromatic N) is 3. The fourth-order valence-corrected chi connectivity index (χ4v) is 3.38. The summed E-state index contributed by atoms with van der Waals surface area (Å²) >= 11 is 6.19. The highest BCUT2D eigenvalue weighted by Gasteiger charge is 2.33. The van der Waals surface area contributed by atoms with Crippen molar-refractivity contribution in [1.82, 2.24) is 4.98 Å². The molecular weight excluding hydrogens is 416 g/mol. The number of aromatic nitrogens is 1. The third-order valence-electron chi connectivity index (χ3n) is 4.94. The van der Waals surface area contributed by atoms with E-state index in [0.717, 1.165) is 0 Å². The number of anilines is 2. The first-order chi connectivity index (χ1) is 14.2. The predicted octanol–water partition coefficient (Wildman–Crippen LogP) is 4.02. The first-order valence-corrected chi connectivity index (χ1v) is 9.77. The van der Waals surface area contributed by atoms with E-state index in [1.54, 1.807) is 36.1 Å². The second-order valence-corrected chi connectivity index (χ2v) is 7.55. The maximum absolute atomic E-state index is 13.8. The number of oxime groups is 1. The number of pyridine rings is 1. The highest BCUT2D eigenvalue weighted by Crippen LogP contribution is 2.32. The van der Waals surface area contributed by atoms with Crippen molar-refractivity contribution in [3.8, 4) is 0 Å². The number of hydrogen-bond acceptors (Lipinski definition) is 5. The monoisotopic (exact) mass is 437 g/mol. The van der Waals surface area contributed by atoms with Crippen LogP contribution in [0.1, 0.15) is 40.9 Å². The lowest BCUT2D eigenvalue weighted by Crippen LogP contribution is -2.29. The van der Waals surface area contributed by atoms with Crippen molar-refractivity contribution in [3.05, 3.63) is 52.2 Å². The van der Waals surface area contributed by atoms with E-state index < -0.39 is 11.8 Å². The summed E-state index contributed by atoms with van der Waals surface area (Å²) in [5.74, 6) is -2.91. The summed E-state index contributed by atoms with van der Waals surface area (Å²) in [5.41, 5.74) is 7.21. The normalized spacial score (nSPS) is 16.8. The van der Waals surface area contributed by atoms with Crippen LogP contribution in [0.2, 0.25) is 5.02 Å². The summed E-state index contributed by atoms with van der Waals surface area (Å²) < 4.78 is 27.6. The van der Waals surface area contributed by atoms with E-state index in [1.807, 2.05) is 0 Å². The number of amides is 1. The SMILES string of the molecule is Cc1nc(N2CCCC(F)(F)CC2)c(C(=O)Nc2ccc(C(N)=NO)cc2)cc1Cl. The van der Waals surface area contributed by atoms with E-state index in [2.05, 4.69) is 15.5 Å². The maximum atomic E-state index is 13.8. The predicted molar refractivity (Wildman–Crippen MR) is 112 cm³/mol. The fourth-order valence-electron chi connectivity index (χ4n) is 3.23. The maximum Gasteiger partial charge on any atom is 0.259 e. The molecular formula is C20H22ClF2N5O2. The zero-order valence-corrected chi connectivity index (χ0v) is 17.1. The Kier molecular flexibility index (Phi) is 6.40. The van der Waals surface area contributed by atoms with Gasteiger partial charge in [-0.25, -0.2) is 13.8 Å². The second kappa shape index (κ2) is 8.83. The molecule has 4 N–H and O–H groups in total. The summed E-state index contributed by atoms with van der Waals surface area (Å²) in [5, 5.41) is 14.7. The number of carbonyl (C=O) groups excluding carboxylic acids is 1. The van der Waals surface area contributed by atoms with E-state index in [4.69, 9.17) is 22.5 Å². The molecule has 2 heterocycles. The zero-order chi connectivity index (χ0) is 21.9. The third kappa shape index (κ3) is 4.96. The number of aryl methyl sites for hydroxylation is 1. The number of halogens is 3. The van der Waals surface area contributed by atoms with Crippen LogP contribution in [0.5, 0.6) is 0 Å². The standard InChI is InChI=1S/C20H22ClF2N5O2/c1-12-16(21)11-15(18(25-12)28-9-2-7-20(22,23)8-10-28)19(29)26-14-5-3-13(4-6-14)17(24)27-30/h3-6,11,30H,2,7-10H2,1H3,(H2,24,27)(H,26,29). The van der Waals surface area contributed by atoms with Gasteiger partial charge in [-0.15, -0.1) is 0 Å². The van der Waals surface area contributed by atoms with Crippen LogP contribution in [-0.2, 0) is 0 Å². The molecule has 1 fully saturated rings. The molecule has 0 unspecified atom stereocenters. The Morgan fingerprint density at radius 2 is 2.00 bits per heavy atom. The van der Waals surface area contributed by atoms with Crippen LogP contribution in [0.4, 0.5) is 20.3 Å².